The Morgan fingerprint density at radius 1 is 1.25 bits per heavy atom. The highest BCUT2D eigenvalue weighted by molar-refractivity contribution is 6.31. The van der Waals surface area contributed by atoms with Gasteiger partial charge in [0.15, 0.2) is 0 Å². The van der Waals surface area contributed by atoms with Gasteiger partial charge in [0.1, 0.15) is 11.6 Å². The Hall–Kier alpha value is -0.380. The van der Waals surface area contributed by atoms with Crippen molar-refractivity contribution in [1.82, 2.24) is 0 Å². The van der Waals surface area contributed by atoms with E-state index in [1.165, 1.54) is 0 Å². The minimum absolute atomic E-state index is 0. The molecule has 0 aliphatic heterocycles. The van der Waals surface area contributed by atoms with Crippen LogP contribution in [0.15, 0.2) is 12.1 Å². The van der Waals surface area contributed by atoms with E-state index >= 15 is 0 Å². The maximum Gasteiger partial charge on any atom is 0.142 e. The zero-order chi connectivity index (χ0) is 11.0. The van der Waals surface area contributed by atoms with Crippen molar-refractivity contribution in [3.05, 3.63) is 34.4 Å². The van der Waals surface area contributed by atoms with Crippen molar-refractivity contribution in [3.8, 4) is 0 Å². The fraction of sp³-hybridized carbons (Fsp3) is 0.455. The van der Waals surface area contributed by atoms with Crippen molar-refractivity contribution < 1.29 is 8.78 Å². The van der Waals surface area contributed by atoms with Gasteiger partial charge in [-0.15, -0.1) is 12.4 Å². The lowest BCUT2D eigenvalue weighted by atomic mass is 9.77. The molecule has 0 bridgehead atoms. The molecule has 2 rings (SSSR count). The standard InChI is InChI=1S/C11H12ClF2N.ClH/c12-10-8(14)5-4-7(13)9(10)11(15)6-2-1-3-6;/h4-6,11H,1-3,15H2;1H/t11-;/m0./s1. The van der Waals surface area contributed by atoms with Gasteiger partial charge < -0.3 is 5.73 Å². The number of hydrogen-bond donors (Lipinski definition) is 1. The maximum absolute atomic E-state index is 13.5. The number of benzene rings is 1. The Morgan fingerprint density at radius 2 is 1.81 bits per heavy atom. The second kappa shape index (κ2) is 5.30. The molecule has 2 N–H and O–H groups in total. The van der Waals surface area contributed by atoms with Crippen molar-refractivity contribution in [3.63, 3.8) is 0 Å². The third-order valence-corrected chi connectivity index (χ3v) is 3.45. The van der Waals surface area contributed by atoms with E-state index in [1.54, 1.807) is 0 Å². The first-order valence-electron chi connectivity index (χ1n) is 5.00. The van der Waals surface area contributed by atoms with Crippen LogP contribution in [0, 0.1) is 17.6 Å². The summed E-state index contributed by atoms with van der Waals surface area (Å²) in [6.45, 7) is 0. The van der Waals surface area contributed by atoms with Crippen molar-refractivity contribution >= 4 is 24.0 Å². The van der Waals surface area contributed by atoms with Gasteiger partial charge in [-0.25, -0.2) is 8.78 Å². The van der Waals surface area contributed by atoms with Gasteiger partial charge >= 0.3 is 0 Å². The topological polar surface area (TPSA) is 26.0 Å². The Bertz CT molecular complexity index is 380. The molecule has 0 heterocycles. The first-order valence-corrected chi connectivity index (χ1v) is 5.38. The van der Waals surface area contributed by atoms with Gasteiger partial charge in [0.05, 0.1) is 5.02 Å². The van der Waals surface area contributed by atoms with E-state index in [2.05, 4.69) is 0 Å². The van der Waals surface area contributed by atoms with E-state index in [0.717, 1.165) is 31.4 Å². The highest BCUT2D eigenvalue weighted by atomic mass is 35.5. The zero-order valence-corrected chi connectivity index (χ0v) is 10.1. The van der Waals surface area contributed by atoms with Crippen LogP contribution in [0.3, 0.4) is 0 Å². The third-order valence-electron chi connectivity index (χ3n) is 3.07. The molecule has 1 aliphatic carbocycles. The lowest BCUT2D eigenvalue weighted by Gasteiger charge is -2.32. The van der Waals surface area contributed by atoms with Gasteiger partial charge in [-0.05, 0) is 30.9 Å². The summed E-state index contributed by atoms with van der Waals surface area (Å²) in [6, 6.07) is 1.62. The van der Waals surface area contributed by atoms with Crippen LogP contribution in [0.25, 0.3) is 0 Å². The second-order valence-electron chi connectivity index (χ2n) is 3.97. The predicted octanol–water partition coefficient (Wildman–Crippen LogP) is 3.84. The molecule has 1 aliphatic rings. The van der Waals surface area contributed by atoms with Crippen LogP contribution < -0.4 is 5.73 Å². The monoisotopic (exact) mass is 267 g/mol. The summed E-state index contributed by atoms with van der Waals surface area (Å²) in [6.07, 6.45) is 3.04. The minimum atomic E-state index is -0.608. The molecule has 0 spiro atoms. The molecule has 1 atom stereocenters. The van der Waals surface area contributed by atoms with Gasteiger partial charge in [-0.2, -0.15) is 0 Å². The lowest BCUT2D eigenvalue weighted by Crippen LogP contribution is -2.28. The molecule has 16 heavy (non-hydrogen) atoms. The van der Waals surface area contributed by atoms with Crippen molar-refractivity contribution in [2.24, 2.45) is 11.7 Å². The molecule has 0 unspecified atom stereocenters. The lowest BCUT2D eigenvalue weighted by molar-refractivity contribution is 0.260. The summed E-state index contributed by atoms with van der Waals surface area (Å²) in [4.78, 5) is 0. The van der Waals surface area contributed by atoms with E-state index in [0.29, 0.717) is 0 Å². The molecule has 0 saturated heterocycles. The molecule has 0 aromatic heterocycles. The molecule has 0 radical (unpaired) electrons. The second-order valence-corrected chi connectivity index (χ2v) is 4.35. The van der Waals surface area contributed by atoms with Crippen LogP contribution >= 0.6 is 24.0 Å². The first kappa shape index (κ1) is 13.7. The minimum Gasteiger partial charge on any atom is -0.324 e. The number of rotatable bonds is 2. The average Bonchev–Trinajstić information content (AvgIpc) is 2.09. The zero-order valence-electron chi connectivity index (χ0n) is 8.55. The van der Waals surface area contributed by atoms with Gasteiger partial charge in [0.2, 0.25) is 0 Å². The Labute approximate surface area is 104 Å². The summed E-state index contributed by atoms with van der Waals surface area (Å²) >= 11 is 5.72. The Morgan fingerprint density at radius 3 is 2.31 bits per heavy atom. The van der Waals surface area contributed by atoms with Crippen LogP contribution in [-0.4, -0.2) is 0 Å². The molecule has 1 fully saturated rings. The maximum atomic E-state index is 13.5. The Balaban J connectivity index is 0.00000128. The third kappa shape index (κ3) is 2.31. The van der Waals surface area contributed by atoms with Crippen LogP contribution in [0.2, 0.25) is 5.02 Å². The van der Waals surface area contributed by atoms with E-state index in [4.69, 9.17) is 17.3 Å². The first-order chi connectivity index (χ1) is 7.11. The predicted molar refractivity (Wildman–Crippen MR) is 62.9 cm³/mol. The molecule has 1 aromatic carbocycles. The summed E-state index contributed by atoms with van der Waals surface area (Å²) in [5.74, 6) is -0.887. The molecule has 1 aromatic rings. The van der Waals surface area contributed by atoms with E-state index in [-0.39, 0.29) is 28.9 Å². The van der Waals surface area contributed by atoms with Gasteiger partial charge in [0, 0.05) is 11.6 Å². The fourth-order valence-electron chi connectivity index (χ4n) is 1.88. The SMILES string of the molecule is Cl.N[C@H](c1c(F)ccc(F)c1Cl)C1CCC1. The van der Waals surface area contributed by atoms with E-state index in [9.17, 15) is 8.78 Å². The van der Waals surface area contributed by atoms with Gasteiger partial charge in [0.25, 0.3) is 0 Å². The van der Waals surface area contributed by atoms with Crippen LogP contribution in [0.4, 0.5) is 8.78 Å². The van der Waals surface area contributed by atoms with Gasteiger partial charge in [-0.3, -0.25) is 0 Å². The highest BCUT2D eigenvalue weighted by Gasteiger charge is 2.29. The van der Waals surface area contributed by atoms with Crippen molar-refractivity contribution in [1.29, 1.82) is 0 Å². The molecular weight excluding hydrogens is 255 g/mol. The van der Waals surface area contributed by atoms with E-state index < -0.39 is 17.7 Å². The molecule has 90 valence electrons. The fourth-order valence-corrected chi connectivity index (χ4v) is 2.16. The molecule has 5 heteroatoms. The largest absolute Gasteiger partial charge is 0.324 e. The summed E-state index contributed by atoms with van der Waals surface area (Å²) in [5.41, 5.74) is 6.01. The number of halogens is 4. The summed E-state index contributed by atoms with van der Waals surface area (Å²) < 4.78 is 26.6. The summed E-state index contributed by atoms with van der Waals surface area (Å²) in [7, 11) is 0. The average molecular weight is 268 g/mol. The van der Waals surface area contributed by atoms with Crippen LogP contribution in [0.5, 0.6) is 0 Å². The normalized spacial score (nSPS) is 17.5. The molecular formula is C11H13Cl2F2N. The van der Waals surface area contributed by atoms with Crippen molar-refractivity contribution in [2.45, 2.75) is 25.3 Å². The molecule has 1 nitrogen and oxygen atoms in total. The smallest absolute Gasteiger partial charge is 0.142 e. The number of nitrogens with two attached hydrogens (primary N) is 1. The quantitative estimate of drug-likeness (QED) is 0.810. The summed E-state index contributed by atoms with van der Waals surface area (Å²) in [5, 5.41) is -0.172. The van der Waals surface area contributed by atoms with Crippen molar-refractivity contribution in [2.75, 3.05) is 0 Å². The van der Waals surface area contributed by atoms with Crippen LogP contribution in [-0.2, 0) is 0 Å². The highest BCUT2D eigenvalue weighted by Crippen LogP contribution is 2.39. The molecule has 0 amide bonds. The number of hydrogen-bond acceptors (Lipinski definition) is 1. The Kier molecular flexibility index (Phi) is 4.53. The molecule has 1 saturated carbocycles. The van der Waals surface area contributed by atoms with E-state index in [1.807, 2.05) is 0 Å². The van der Waals surface area contributed by atoms with Gasteiger partial charge in [-0.1, -0.05) is 18.0 Å². The van der Waals surface area contributed by atoms with Crippen LogP contribution in [0.1, 0.15) is 30.9 Å².